The first-order chi connectivity index (χ1) is 10.1. The molecular formula is C14H12Cl4O4. The molecule has 0 N–H and O–H groups in total. The maximum absolute atomic E-state index is 12.7. The van der Waals surface area contributed by atoms with Crippen LogP contribution in [0.1, 0.15) is 6.92 Å². The number of fused-ring (bicyclic) bond motifs is 5. The SMILES string of the molecule is COC1(OC)[C@@]2(Cl)C(Cl)=C(Cl)[C@@]1(Cl)[C@H]1C(=O)C=C(C)C(=O)[C@H]12. The zero-order valence-corrected chi connectivity index (χ0v) is 14.9. The number of Topliss-reactive ketones (excluding diaryl/α,β-unsaturated/α-hetero) is 1. The lowest BCUT2D eigenvalue weighted by Gasteiger charge is -2.40. The molecule has 4 nitrogen and oxygen atoms in total. The van der Waals surface area contributed by atoms with Gasteiger partial charge in [-0.25, -0.2) is 0 Å². The Balaban J connectivity index is 2.39. The van der Waals surface area contributed by atoms with E-state index in [1.807, 2.05) is 0 Å². The van der Waals surface area contributed by atoms with Crippen LogP contribution in [-0.4, -0.2) is 41.3 Å². The molecule has 0 unspecified atom stereocenters. The van der Waals surface area contributed by atoms with Gasteiger partial charge < -0.3 is 9.47 Å². The van der Waals surface area contributed by atoms with Crippen molar-refractivity contribution in [2.45, 2.75) is 22.5 Å². The summed E-state index contributed by atoms with van der Waals surface area (Å²) in [7, 11) is 2.65. The van der Waals surface area contributed by atoms with Crippen molar-refractivity contribution in [2.75, 3.05) is 14.2 Å². The van der Waals surface area contributed by atoms with Crippen molar-refractivity contribution in [3.05, 3.63) is 21.7 Å². The van der Waals surface area contributed by atoms with Crippen LogP contribution in [0.15, 0.2) is 21.7 Å². The summed E-state index contributed by atoms with van der Waals surface area (Å²) in [6.07, 6.45) is 1.25. The van der Waals surface area contributed by atoms with Crippen LogP contribution in [0.2, 0.25) is 0 Å². The van der Waals surface area contributed by atoms with E-state index < -0.39 is 27.4 Å². The first kappa shape index (κ1) is 16.7. The quantitative estimate of drug-likeness (QED) is 0.541. The number of halogens is 4. The van der Waals surface area contributed by atoms with Gasteiger partial charge in [0.2, 0.25) is 5.79 Å². The Labute approximate surface area is 147 Å². The number of hydrogen-bond acceptors (Lipinski definition) is 4. The van der Waals surface area contributed by atoms with Crippen molar-refractivity contribution in [3.8, 4) is 0 Å². The fourth-order valence-electron chi connectivity index (χ4n) is 4.00. The molecular weight excluding hydrogens is 374 g/mol. The first-order valence-electron chi connectivity index (χ1n) is 6.45. The van der Waals surface area contributed by atoms with Crippen molar-refractivity contribution < 1.29 is 19.1 Å². The lowest BCUT2D eigenvalue weighted by atomic mass is 9.72. The second-order valence-corrected chi connectivity index (χ2v) is 7.57. The van der Waals surface area contributed by atoms with Gasteiger partial charge in [-0.15, -0.1) is 23.2 Å². The van der Waals surface area contributed by atoms with E-state index in [1.165, 1.54) is 20.3 Å². The van der Waals surface area contributed by atoms with Crippen molar-refractivity contribution in [2.24, 2.45) is 11.8 Å². The molecule has 0 amide bonds. The average Bonchev–Trinajstić information content (AvgIpc) is 2.73. The molecule has 3 aliphatic carbocycles. The van der Waals surface area contributed by atoms with E-state index in [9.17, 15) is 9.59 Å². The number of rotatable bonds is 2. The summed E-state index contributed by atoms with van der Waals surface area (Å²) in [5.41, 5.74) is 0.292. The van der Waals surface area contributed by atoms with Gasteiger partial charge in [-0.2, -0.15) is 0 Å². The Hall–Kier alpha value is -0.100. The number of alkyl halides is 2. The van der Waals surface area contributed by atoms with Gasteiger partial charge in [-0.05, 0) is 18.6 Å². The first-order valence-corrected chi connectivity index (χ1v) is 7.97. The number of ketones is 2. The van der Waals surface area contributed by atoms with Crippen LogP contribution in [-0.2, 0) is 19.1 Å². The molecule has 1 fully saturated rings. The van der Waals surface area contributed by atoms with Crippen molar-refractivity contribution in [3.63, 3.8) is 0 Å². The number of allylic oxidation sites excluding steroid dienone is 2. The van der Waals surface area contributed by atoms with Gasteiger partial charge in [0.15, 0.2) is 11.6 Å². The molecule has 120 valence electrons. The van der Waals surface area contributed by atoms with E-state index in [2.05, 4.69) is 0 Å². The van der Waals surface area contributed by atoms with Crippen LogP contribution in [0.25, 0.3) is 0 Å². The van der Waals surface area contributed by atoms with Crippen LogP contribution in [0.4, 0.5) is 0 Å². The molecule has 4 atom stereocenters. The fourth-order valence-corrected chi connectivity index (χ4v) is 6.19. The second-order valence-electron chi connectivity index (χ2n) is 5.63. The van der Waals surface area contributed by atoms with E-state index >= 15 is 0 Å². The van der Waals surface area contributed by atoms with Crippen LogP contribution >= 0.6 is 46.4 Å². The number of ether oxygens (including phenoxy) is 2. The summed E-state index contributed by atoms with van der Waals surface area (Å²) in [4.78, 5) is 21.9. The summed E-state index contributed by atoms with van der Waals surface area (Å²) in [5, 5.41) is -0.0449. The number of methoxy groups -OCH3 is 2. The van der Waals surface area contributed by atoms with Gasteiger partial charge in [0.05, 0.1) is 21.9 Å². The molecule has 3 rings (SSSR count). The van der Waals surface area contributed by atoms with Gasteiger partial charge in [-0.3, -0.25) is 9.59 Å². The zero-order chi connectivity index (χ0) is 16.7. The van der Waals surface area contributed by atoms with Gasteiger partial charge in [0.25, 0.3) is 0 Å². The summed E-state index contributed by atoms with van der Waals surface area (Å²) in [6, 6.07) is 0. The van der Waals surface area contributed by atoms with Crippen molar-refractivity contribution in [1.82, 2.24) is 0 Å². The minimum Gasteiger partial charge on any atom is -0.350 e. The average molecular weight is 386 g/mol. The summed E-state index contributed by atoms with van der Waals surface area (Å²) >= 11 is 26.1. The fraction of sp³-hybridized carbons (Fsp3) is 0.571. The highest BCUT2D eigenvalue weighted by atomic mass is 35.5. The highest BCUT2D eigenvalue weighted by molar-refractivity contribution is 6.53. The predicted octanol–water partition coefficient (Wildman–Crippen LogP) is 2.98. The normalized spacial score (nSPS) is 42.8. The standard InChI is InChI=1S/C14H12Cl4O4/c1-5-4-6(19)7-8(9(5)20)13(18)11(16)10(15)12(7,17)14(13,21-2)22-3/h4,7-8H,1-3H3/t7-,8-,12-,13-/m0/s1. The Morgan fingerprint density at radius 2 is 1.45 bits per heavy atom. The smallest absolute Gasteiger partial charge is 0.218 e. The number of carbonyl (C=O) groups is 2. The van der Waals surface area contributed by atoms with Crippen LogP contribution in [0, 0.1) is 11.8 Å². The van der Waals surface area contributed by atoms with E-state index in [4.69, 9.17) is 55.9 Å². The molecule has 0 heterocycles. The van der Waals surface area contributed by atoms with E-state index in [0.717, 1.165) is 0 Å². The minimum atomic E-state index is -1.73. The third kappa shape index (κ3) is 1.38. The summed E-state index contributed by atoms with van der Waals surface area (Å²) in [5.74, 6) is -4.39. The van der Waals surface area contributed by atoms with Gasteiger partial charge in [-0.1, -0.05) is 23.2 Å². The maximum Gasteiger partial charge on any atom is 0.218 e. The maximum atomic E-state index is 12.7. The highest BCUT2D eigenvalue weighted by Gasteiger charge is 2.87. The van der Waals surface area contributed by atoms with Crippen molar-refractivity contribution in [1.29, 1.82) is 0 Å². The molecule has 2 bridgehead atoms. The van der Waals surface area contributed by atoms with E-state index in [-0.39, 0.29) is 21.6 Å². The molecule has 0 aliphatic heterocycles. The topological polar surface area (TPSA) is 52.6 Å². The minimum absolute atomic E-state index is 0.0216. The Kier molecular flexibility index (Phi) is 3.59. The largest absolute Gasteiger partial charge is 0.350 e. The molecule has 0 spiro atoms. The van der Waals surface area contributed by atoms with Crippen molar-refractivity contribution >= 4 is 58.0 Å². The predicted molar refractivity (Wildman–Crippen MR) is 83.4 cm³/mol. The van der Waals surface area contributed by atoms with Crippen LogP contribution in [0.3, 0.4) is 0 Å². The number of hydrogen-bond donors (Lipinski definition) is 0. The lowest BCUT2D eigenvalue weighted by Crippen LogP contribution is -2.58. The summed E-state index contributed by atoms with van der Waals surface area (Å²) in [6.45, 7) is 1.55. The molecule has 22 heavy (non-hydrogen) atoms. The monoisotopic (exact) mass is 384 g/mol. The third-order valence-electron chi connectivity index (χ3n) is 4.89. The molecule has 3 aliphatic rings. The van der Waals surface area contributed by atoms with Gasteiger partial charge in [0.1, 0.15) is 9.75 Å². The summed E-state index contributed by atoms with van der Waals surface area (Å²) < 4.78 is 11.0. The molecule has 0 radical (unpaired) electrons. The Morgan fingerprint density at radius 3 is 1.91 bits per heavy atom. The Morgan fingerprint density at radius 1 is 1.00 bits per heavy atom. The van der Waals surface area contributed by atoms with E-state index in [0.29, 0.717) is 5.57 Å². The molecule has 0 saturated heterocycles. The van der Waals surface area contributed by atoms with Crippen LogP contribution < -0.4 is 0 Å². The van der Waals surface area contributed by atoms with Gasteiger partial charge >= 0.3 is 0 Å². The lowest BCUT2D eigenvalue weighted by molar-refractivity contribution is -0.220. The zero-order valence-electron chi connectivity index (χ0n) is 11.9. The number of carbonyl (C=O) groups excluding carboxylic acids is 2. The molecule has 1 saturated carbocycles. The van der Waals surface area contributed by atoms with E-state index in [1.54, 1.807) is 6.92 Å². The highest BCUT2D eigenvalue weighted by Crippen LogP contribution is 2.74. The molecule has 0 aromatic rings. The van der Waals surface area contributed by atoms with Gasteiger partial charge in [0, 0.05) is 14.2 Å². The third-order valence-corrected chi connectivity index (χ3v) is 7.50. The Bertz CT molecular complexity index is 666. The molecule has 0 aromatic heterocycles. The molecule has 8 heteroatoms. The molecule has 0 aromatic carbocycles. The van der Waals surface area contributed by atoms with Crippen LogP contribution in [0.5, 0.6) is 0 Å². The second kappa shape index (κ2) is 4.71.